The molecule has 0 radical (unpaired) electrons. The van der Waals surface area contributed by atoms with Gasteiger partial charge in [-0.2, -0.15) is 0 Å². The van der Waals surface area contributed by atoms with Crippen LogP contribution in [-0.4, -0.2) is 5.97 Å². The minimum atomic E-state index is -0.674. The third-order valence-corrected chi connectivity index (χ3v) is 3.03. The molecule has 0 atom stereocenters. The molecule has 0 aliphatic heterocycles. The molecule has 0 bridgehead atoms. The lowest BCUT2D eigenvalue weighted by Gasteiger charge is -2.08. The van der Waals surface area contributed by atoms with Crippen molar-refractivity contribution < 1.29 is 9.53 Å². The van der Waals surface area contributed by atoms with Crippen molar-refractivity contribution in [3.05, 3.63) is 63.2 Å². The van der Waals surface area contributed by atoms with E-state index in [0.717, 1.165) is 0 Å². The van der Waals surface area contributed by atoms with Crippen molar-refractivity contribution in [1.82, 2.24) is 0 Å². The number of hydrogen-bond acceptors (Lipinski definition) is 4. The fourth-order valence-corrected chi connectivity index (χ4v) is 2.01. The van der Waals surface area contributed by atoms with Crippen molar-refractivity contribution in [2.24, 2.45) is 0 Å². The predicted octanol–water partition coefficient (Wildman–Crippen LogP) is 4.39. The smallest absolute Gasteiger partial charge is 0.346 e. The van der Waals surface area contributed by atoms with Gasteiger partial charge >= 0.3 is 11.1 Å². The maximum absolute atomic E-state index is 12.1. The molecule has 100 valence electrons. The highest BCUT2D eigenvalue weighted by Gasteiger charge is 2.18. The van der Waals surface area contributed by atoms with Crippen molar-refractivity contribution in [3.63, 3.8) is 0 Å². The molecule has 2 rings (SSSR count). The van der Waals surface area contributed by atoms with Gasteiger partial charge in [0.2, 0.25) is 0 Å². The lowest BCUT2D eigenvalue weighted by molar-refractivity contribution is 0.0736. The van der Waals surface area contributed by atoms with Gasteiger partial charge in [0.15, 0.2) is 5.75 Å². The van der Waals surface area contributed by atoms with Crippen LogP contribution in [-0.2, 0) is 0 Å². The molecule has 2 aromatic rings. The highest BCUT2D eigenvalue weighted by atomic mass is 35.5. The summed E-state index contributed by atoms with van der Waals surface area (Å²) in [4.78, 5) is 12.1. The van der Waals surface area contributed by atoms with E-state index in [2.05, 4.69) is 10.5 Å². The van der Waals surface area contributed by atoms with E-state index < -0.39 is 5.97 Å². The van der Waals surface area contributed by atoms with E-state index >= 15 is 0 Å². The second kappa shape index (κ2) is 6.24. The van der Waals surface area contributed by atoms with Gasteiger partial charge in [0.05, 0.1) is 15.6 Å². The van der Waals surface area contributed by atoms with Crippen molar-refractivity contribution in [1.29, 1.82) is 5.39 Å². The number of halogens is 2. The minimum Gasteiger partial charge on any atom is -0.420 e. The Morgan fingerprint density at radius 3 is 2.40 bits per heavy atom. The average Bonchev–Trinajstić information content (AvgIpc) is 2.44. The number of nitrogens with zero attached hydrogens (tertiary/aromatic N) is 2. The second-order valence-electron chi connectivity index (χ2n) is 3.70. The standard InChI is InChI=1S/C13H7Cl2N3O2/c14-9-5-3-6-10(15)12(9)20-13(19)8-4-1-2-7-11(8)17-18-16/h1-7H/p+1. The van der Waals surface area contributed by atoms with Crippen LogP contribution < -0.4 is 10.2 Å². The molecule has 2 aromatic carbocycles. The van der Waals surface area contributed by atoms with Crippen molar-refractivity contribution >= 4 is 34.9 Å². The Morgan fingerprint density at radius 2 is 1.75 bits per heavy atom. The van der Waals surface area contributed by atoms with Crippen molar-refractivity contribution in [3.8, 4) is 5.75 Å². The molecule has 1 N–H and O–H groups in total. The summed E-state index contributed by atoms with van der Waals surface area (Å²) < 4.78 is 5.18. The first-order chi connectivity index (χ1) is 9.63. The van der Waals surface area contributed by atoms with Crippen LogP contribution in [0.15, 0.2) is 42.5 Å². The van der Waals surface area contributed by atoms with E-state index in [1.165, 1.54) is 6.07 Å². The number of anilines is 1. The lowest BCUT2D eigenvalue weighted by Crippen LogP contribution is -2.11. The Morgan fingerprint density at radius 1 is 1.10 bits per heavy atom. The number of para-hydroxylation sites is 2. The van der Waals surface area contributed by atoms with Crippen LogP contribution >= 0.6 is 23.2 Å². The first-order valence-electron chi connectivity index (χ1n) is 5.49. The molecule has 0 unspecified atom stereocenters. The molecule has 0 saturated heterocycles. The summed E-state index contributed by atoms with van der Waals surface area (Å²) in [7, 11) is 0. The van der Waals surface area contributed by atoms with E-state index in [4.69, 9.17) is 33.3 Å². The second-order valence-corrected chi connectivity index (χ2v) is 4.51. The van der Waals surface area contributed by atoms with Gasteiger partial charge in [0.25, 0.3) is 5.39 Å². The summed E-state index contributed by atoms with van der Waals surface area (Å²) in [6.45, 7) is 0. The van der Waals surface area contributed by atoms with Crippen molar-refractivity contribution in [2.75, 3.05) is 5.43 Å². The lowest BCUT2D eigenvalue weighted by atomic mass is 10.2. The zero-order valence-corrected chi connectivity index (χ0v) is 11.5. The molecule has 0 amide bonds. The molecule has 0 aliphatic rings. The fraction of sp³-hybridized carbons (Fsp3) is 0. The summed E-state index contributed by atoms with van der Waals surface area (Å²) in [5.41, 5.74) is 2.76. The molecule has 7 heteroatoms. The summed E-state index contributed by atoms with van der Waals surface area (Å²) in [6, 6.07) is 11.2. The highest BCUT2D eigenvalue weighted by Crippen LogP contribution is 2.33. The SMILES string of the molecule is N#[N+]Nc1ccccc1C(=O)Oc1c(Cl)cccc1Cl. The Bertz CT molecular complexity index is 678. The van der Waals surface area contributed by atoms with E-state index in [9.17, 15) is 4.79 Å². The molecule has 0 fully saturated rings. The predicted molar refractivity (Wildman–Crippen MR) is 76.6 cm³/mol. The third-order valence-electron chi connectivity index (χ3n) is 2.43. The van der Waals surface area contributed by atoms with Crippen LogP contribution in [0.2, 0.25) is 10.0 Å². The molecule has 0 saturated carbocycles. The molecular weight excluding hydrogens is 301 g/mol. The summed E-state index contributed by atoms with van der Waals surface area (Å²) >= 11 is 11.9. The van der Waals surface area contributed by atoms with Gasteiger partial charge < -0.3 is 4.74 Å². The number of esters is 1. The normalized spacial score (nSPS) is 9.65. The van der Waals surface area contributed by atoms with Crippen LogP contribution in [0, 0.1) is 5.39 Å². The summed E-state index contributed by atoms with van der Waals surface area (Å²) in [5.74, 6) is -0.594. The Labute approximate surface area is 124 Å². The number of carbonyl (C=O) groups excluding carboxylic acids is 1. The van der Waals surface area contributed by atoms with Gasteiger partial charge in [-0.25, -0.2) is 4.79 Å². The van der Waals surface area contributed by atoms with Gasteiger partial charge in [0, 0.05) is 0 Å². The quantitative estimate of drug-likeness (QED) is 0.395. The van der Waals surface area contributed by atoms with Gasteiger partial charge in [0.1, 0.15) is 5.69 Å². The zero-order valence-electron chi connectivity index (χ0n) is 10.0. The van der Waals surface area contributed by atoms with Gasteiger partial charge in [-0.05, 0) is 29.7 Å². The van der Waals surface area contributed by atoms with Crippen LogP contribution in [0.1, 0.15) is 10.4 Å². The van der Waals surface area contributed by atoms with Crippen LogP contribution in [0.4, 0.5) is 5.69 Å². The number of hydrogen-bond donors (Lipinski definition) is 1. The third kappa shape index (κ3) is 2.99. The number of carbonyl (C=O) groups is 1. The highest BCUT2D eigenvalue weighted by molar-refractivity contribution is 6.37. The number of diazo groups is 1. The maximum atomic E-state index is 12.1. The van der Waals surface area contributed by atoms with Crippen LogP contribution in [0.5, 0.6) is 5.75 Å². The van der Waals surface area contributed by atoms with E-state index in [1.54, 1.807) is 36.4 Å². The van der Waals surface area contributed by atoms with E-state index in [-0.39, 0.29) is 21.4 Å². The number of nitrogens with one attached hydrogen (secondary N) is 1. The summed E-state index contributed by atoms with van der Waals surface area (Å²) in [5, 5.41) is 11.8. The Hall–Kier alpha value is -2.29. The molecule has 0 heterocycles. The zero-order chi connectivity index (χ0) is 14.5. The Kier molecular flexibility index (Phi) is 4.41. The number of rotatable bonds is 3. The monoisotopic (exact) mass is 308 g/mol. The molecule has 5 nitrogen and oxygen atoms in total. The average molecular weight is 309 g/mol. The minimum absolute atomic E-state index is 0.0802. The topological polar surface area (TPSA) is 66.5 Å². The molecular formula is C13H8Cl2N3O2+. The molecule has 20 heavy (non-hydrogen) atoms. The molecule has 0 aliphatic carbocycles. The Balaban J connectivity index is 2.32. The fourth-order valence-electron chi connectivity index (χ4n) is 1.54. The van der Waals surface area contributed by atoms with Gasteiger partial charge in [-0.15, -0.1) is 0 Å². The van der Waals surface area contributed by atoms with Crippen LogP contribution in [0.3, 0.4) is 0 Å². The number of benzene rings is 2. The largest absolute Gasteiger partial charge is 0.420 e. The summed E-state index contributed by atoms with van der Waals surface area (Å²) in [6.07, 6.45) is 0. The van der Waals surface area contributed by atoms with E-state index in [0.29, 0.717) is 5.69 Å². The maximum Gasteiger partial charge on any atom is 0.346 e. The van der Waals surface area contributed by atoms with Crippen LogP contribution in [0.25, 0.3) is 5.08 Å². The first kappa shape index (κ1) is 14.1. The number of ether oxygens (including phenoxy) is 1. The molecule has 0 spiro atoms. The van der Waals surface area contributed by atoms with E-state index in [1.807, 2.05) is 0 Å². The first-order valence-corrected chi connectivity index (χ1v) is 6.24. The van der Waals surface area contributed by atoms with Gasteiger partial charge in [-0.3, -0.25) is 0 Å². The van der Waals surface area contributed by atoms with Gasteiger partial charge in [-0.1, -0.05) is 41.4 Å². The molecule has 0 aromatic heterocycles. The van der Waals surface area contributed by atoms with Crippen molar-refractivity contribution in [2.45, 2.75) is 0 Å².